The van der Waals surface area contributed by atoms with E-state index in [0.717, 1.165) is 11.0 Å². The number of fused-ring (bicyclic) bond motifs is 3. The van der Waals surface area contributed by atoms with Crippen LogP contribution in [-0.2, 0) is 16.1 Å². The van der Waals surface area contributed by atoms with Crippen LogP contribution in [0.3, 0.4) is 0 Å². The van der Waals surface area contributed by atoms with E-state index in [2.05, 4.69) is 4.98 Å². The summed E-state index contributed by atoms with van der Waals surface area (Å²) in [5.74, 6) is 0.112. The van der Waals surface area contributed by atoms with Gasteiger partial charge < -0.3 is 4.74 Å². The average Bonchev–Trinajstić information content (AvgIpc) is 2.79. The number of esters is 1. The van der Waals surface area contributed by atoms with E-state index in [4.69, 9.17) is 4.74 Å². The predicted molar refractivity (Wildman–Crippen MR) is 83.1 cm³/mol. The normalized spacial score (nSPS) is 11.2. The highest BCUT2D eigenvalue weighted by atomic mass is 16.5. The van der Waals surface area contributed by atoms with Crippen molar-refractivity contribution in [3.8, 4) is 0 Å². The molecule has 0 saturated carbocycles. The van der Waals surface area contributed by atoms with Gasteiger partial charge in [-0.1, -0.05) is 12.1 Å². The third kappa shape index (κ3) is 2.07. The Hall–Kier alpha value is -2.63. The Morgan fingerprint density at radius 2 is 1.91 bits per heavy atom. The third-order valence-electron chi connectivity index (χ3n) is 3.78. The Labute approximate surface area is 127 Å². The van der Waals surface area contributed by atoms with Gasteiger partial charge in [0.2, 0.25) is 5.78 Å². The molecule has 0 atom stereocenters. The predicted octanol–water partition coefficient (Wildman–Crippen LogP) is 1.83. The SMILES string of the molecule is CCOC(=O)Cn1c2ccccc2n2c(=O)c(C)c(C)nc12. The molecule has 0 saturated heterocycles. The molecule has 6 heteroatoms. The Bertz CT molecular complexity index is 937. The molecule has 2 heterocycles. The number of hydrogen-bond donors (Lipinski definition) is 0. The molecule has 0 fully saturated rings. The fourth-order valence-corrected chi connectivity index (χ4v) is 2.58. The van der Waals surface area contributed by atoms with Crippen molar-refractivity contribution in [2.24, 2.45) is 0 Å². The standard InChI is InChI=1S/C16H17N3O3/c1-4-22-14(20)9-18-12-7-5-6-8-13(12)19-15(21)10(2)11(3)17-16(18)19/h5-8H,4,9H2,1-3H3. The Morgan fingerprint density at radius 1 is 1.23 bits per heavy atom. The van der Waals surface area contributed by atoms with Crippen LogP contribution in [0.25, 0.3) is 16.8 Å². The maximum atomic E-state index is 12.6. The molecule has 0 aliphatic rings. The molecule has 114 valence electrons. The maximum absolute atomic E-state index is 12.6. The fraction of sp³-hybridized carbons (Fsp3) is 0.312. The van der Waals surface area contributed by atoms with Gasteiger partial charge in [0.15, 0.2) is 0 Å². The zero-order valence-electron chi connectivity index (χ0n) is 12.8. The molecule has 0 bridgehead atoms. The number of carbonyl (C=O) groups is 1. The van der Waals surface area contributed by atoms with Crippen LogP contribution in [0.2, 0.25) is 0 Å². The molecule has 0 unspecified atom stereocenters. The second kappa shape index (κ2) is 5.29. The van der Waals surface area contributed by atoms with Gasteiger partial charge in [0.1, 0.15) is 6.54 Å². The van der Waals surface area contributed by atoms with Gasteiger partial charge in [0.05, 0.1) is 17.6 Å². The summed E-state index contributed by atoms with van der Waals surface area (Å²) in [4.78, 5) is 29.0. The summed E-state index contributed by atoms with van der Waals surface area (Å²) in [6, 6.07) is 7.45. The number of ether oxygens (including phenoxy) is 1. The van der Waals surface area contributed by atoms with Crippen molar-refractivity contribution in [3.05, 3.63) is 45.9 Å². The van der Waals surface area contributed by atoms with E-state index < -0.39 is 0 Å². The van der Waals surface area contributed by atoms with Crippen LogP contribution in [-0.4, -0.2) is 26.5 Å². The number of benzene rings is 1. The Kier molecular flexibility index (Phi) is 3.44. The van der Waals surface area contributed by atoms with E-state index in [1.165, 1.54) is 0 Å². The number of aryl methyl sites for hydroxylation is 1. The molecule has 0 radical (unpaired) electrons. The van der Waals surface area contributed by atoms with Gasteiger partial charge in [-0.15, -0.1) is 0 Å². The first-order valence-electron chi connectivity index (χ1n) is 7.17. The minimum absolute atomic E-state index is 0.0276. The van der Waals surface area contributed by atoms with Gasteiger partial charge in [-0.3, -0.25) is 14.2 Å². The monoisotopic (exact) mass is 299 g/mol. The molecule has 0 spiro atoms. The number of hydrogen-bond acceptors (Lipinski definition) is 4. The molecule has 22 heavy (non-hydrogen) atoms. The molecule has 2 aromatic heterocycles. The summed E-state index contributed by atoms with van der Waals surface area (Å²) in [5.41, 5.74) is 2.68. The van der Waals surface area contributed by atoms with E-state index >= 15 is 0 Å². The van der Waals surface area contributed by atoms with Gasteiger partial charge in [-0.05, 0) is 32.9 Å². The van der Waals surface area contributed by atoms with Crippen LogP contribution in [0.4, 0.5) is 0 Å². The summed E-state index contributed by atoms with van der Waals surface area (Å²) in [6.07, 6.45) is 0. The quantitative estimate of drug-likeness (QED) is 0.692. The highest BCUT2D eigenvalue weighted by molar-refractivity contribution is 5.83. The maximum Gasteiger partial charge on any atom is 0.326 e. The van der Waals surface area contributed by atoms with Crippen LogP contribution < -0.4 is 5.56 Å². The van der Waals surface area contributed by atoms with Gasteiger partial charge in [0, 0.05) is 11.3 Å². The van der Waals surface area contributed by atoms with Crippen molar-refractivity contribution >= 4 is 22.8 Å². The minimum Gasteiger partial charge on any atom is -0.465 e. The number of carbonyl (C=O) groups excluding carboxylic acids is 1. The molecule has 3 rings (SSSR count). The van der Waals surface area contributed by atoms with Crippen molar-refractivity contribution in [2.75, 3.05) is 6.61 Å². The molecule has 0 N–H and O–H groups in total. The lowest BCUT2D eigenvalue weighted by Gasteiger charge is -2.06. The molecular formula is C16H17N3O3. The molecular weight excluding hydrogens is 282 g/mol. The third-order valence-corrected chi connectivity index (χ3v) is 3.78. The second-order valence-corrected chi connectivity index (χ2v) is 5.14. The first-order chi connectivity index (χ1) is 10.5. The summed E-state index contributed by atoms with van der Waals surface area (Å²) in [7, 11) is 0. The zero-order valence-corrected chi connectivity index (χ0v) is 12.8. The summed E-state index contributed by atoms with van der Waals surface area (Å²) in [6.45, 7) is 5.67. The van der Waals surface area contributed by atoms with Gasteiger partial charge in [0.25, 0.3) is 5.56 Å². The van der Waals surface area contributed by atoms with Crippen molar-refractivity contribution in [1.82, 2.24) is 14.0 Å². The fourth-order valence-electron chi connectivity index (χ4n) is 2.58. The summed E-state index contributed by atoms with van der Waals surface area (Å²) < 4.78 is 8.30. The molecule has 0 aliphatic carbocycles. The highest BCUT2D eigenvalue weighted by Gasteiger charge is 2.17. The van der Waals surface area contributed by atoms with E-state index in [9.17, 15) is 9.59 Å². The smallest absolute Gasteiger partial charge is 0.326 e. The van der Waals surface area contributed by atoms with E-state index in [1.54, 1.807) is 29.7 Å². The van der Waals surface area contributed by atoms with Crippen LogP contribution in [0.1, 0.15) is 18.2 Å². The lowest BCUT2D eigenvalue weighted by Crippen LogP contribution is -2.20. The Balaban J connectivity index is 2.38. The van der Waals surface area contributed by atoms with Crippen molar-refractivity contribution < 1.29 is 9.53 Å². The molecule has 3 aromatic rings. The van der Waals surface area contributed by atoms with Crippen LogP contribution in [0, 0.1) is 13.8 Å². The van der Waals surface area contributed by atoms with Crippen LogP contribution in [0.5, 0.6) is 0 Å². The molecule has 0 aliphatic heterocycles. The highest BCUT2D eigenvalue weighted by Crippen LogP contribution is 2.19. The van der Waals surface area contributed by atoms with Gasteiger partial charge in [-0.2, -0.15) is 0 Å². The van der Waals surface area contributed by atoms with E-state index in [1.807, 2.05) is 24.3 Å². The molecule has 0 amide bonds. The molecule has 1 aromatic carbocycles. The topological polar surface area (TPSA) is 65.6 Å². The first-order valence-corrected chi connectivity index (χ1v) is 7.17. The summed E-state index contributed by atoms with van der Waals surface area (Å²) in [5, 5.41) is 0. The van der Waals surface area contributed by atoms with Crippen LogP contribution in [0.15, 0.2) is 29.1 Å². The second-order valence-electron chi connectivity index (χ2n) is 5.14. The van der Waals surface area contributed by atoms with Gasteiger partial charge >= 0.3 is 5.97 Å². The molecule has 6 nitrogen and oxygen atoms in total. The van der Waals surface area contributed by atoms with E-state index in [-0.39, 0.29) is 18.1 Å². The number of nitrogens with zero attached hydrogens (tertiary/aromatic N) is 3. The van der Waals surface area contributed by atoms with Gasteiger partial charge in [-0.25, -0.2) is 9.38 Å². The van der Waals surface area contributed by atoms with Crippen LogP contribution >= 0.6 is 0 Å². The number of aromatic nitrogens is 3. The lowest BCUT2D eigenvalue weighted by atomic mass is 10.2. The number of imidazole rings is 1. The Morgan fingerprint density at radius 3 is 2.59 bits per heavy atom. The van der Waals surface area contributed by atoms with Crippen molar-refractivity contribution in [1.29, 1.82) is 0 Å². The van der Waals surface area contributed by atoms with Crippen molar-refractivity contribution in [2.45, 2.75) is 27.3 Å². The number of rotatable bonds is 3. The van der Waals surface area contributed by atoms with Crippen molar-refractivity contribution in [3.63, 3.8) is 0 Å². The summed E-state index contributed by atoms with van der Waals surface area (Å²) >= 11 is 0. The zero-order chi connectivity index (χ0) is 15.9. The number of para-hydroxylation sites is 2. The van der Waals surface area contributed by atoms with E-state index in [0.29, 0.717) is 23.6 Å². The minimum atomic E-state index is -0.349. The lowest BCUT2D eigenvalue weighted by molar-refractivity contribution is -0.143. The largest absolute Gasteiger partial charge is 0.465 e. The first kappa shape index (κ1) is 14.3. The average molecular weight is 299 g/mol.